The summed E-state index contributed by atoms with van der Waals surface area (Å²) in [6, 6.07) is 0. The van der Waals surface area contributed by atoms with Crippen molar-refractivity contribution in [3.8, 4) is 0 Å². The first kappa shape index (κ1) is 13.2. The summed E-state index contributed by atoms with van der Waals surface area (Å²) >= 11 is 0. The average molecular weight is 238 g/mol. The number of Topliss-reactive ketones (excluding diaryl/α,β-unsaturated/α-hetero) is 1. The summed E-state index contributed by atoms with van der Waals surface area (Å²) in [5, 5.41) is 0. The summed E-state index contributed by atoms with van der Waals surface area (Å²) in [6.45, 7) is 2.32. The van der Waals surface area contributed by atoms with E-state index >= 15 is 0 Å². The minimum Gasteiger partial charge on any atom is -0.489 e. The van der Waals surface area contributed by atoms with Gasteiger partial charge in [0.15, 0.2) is 5.76 Å². The summed E-state index contributed by atoms with van der Waals surface area (Å²) in [7, 11) is 1.20. The number of rotatable bonds is 5. The Morgan fingerprint density at radius 2 is 2.00 bits per heavy atom. The van der Waals surface area contributed by atoms with Crippen molar-refractivity contribution in [1.82, 2.24) is 0 Å². The SMILES string of the molecule is CCCCOC1=CC(C(=O)OC)=CC(=O)C1=O. The Kier molecular flexibility index (Phi) is 4.63. The Balaban J connectivity index is 2.82. The molecule has 0 atom stereocenters. The van der Waals surface area contributed by atoms with Crippen LogP contribution in [-0.2, 0) is 23.9 Å². The second kappa shape index (κ2) is 5.98. The van der Waals surface area contributed by atoms with Gasteiger partial charge in [0.25, 0.3) is 5.78 Å². The Morgan fingerprint density at radius 1 is 1.29 bits per heavy atom. The van der Waals surface area contributed by atoms with Gasteiger partial charge in [-0.2, -0.15) is 0 Å². The molecule has 0 heterocycles. The number of carbonyl (C=O) groups is 3. The van der Waals surface area contributed by atoms with Crippen LogP contribution in [0.1, 0.15) is 19.8 Å². The fraction of sp³-hybridized carbons (Fsp3) is 0.417. The molecule has 0 aliphatic heterocycles. The van der Waals surface area contributed by atoms with E-state index in [0.29, 0.717) is 6.61 Å². The van der Waals surface area contributed by atoms with Crippen LogP contribution in [0, 0.1) is 0 Å². The van der Waals surface area contributed by atoms with Gasteiger partial charge < -0.3 is 9.47 Å². The zero-order valence-corrected chi connectivity index (χ0v) is 9.82. The van der Waals surface area contributed by atoms with Crippen molar-refractivity contribution >= 4 is 17.5 Å². The van der Waals surface area contributed by atoms with Crippen molar-refractivity contribution in [2.45, 2.75) is 19.8 Å². The molecule has 0 fully saturated rings. The molecule has 0 saturated carbocycles. The van der Waals surface area contributed by atoms with E-state index in [0.717, 1.165) is 18.9 Å². The van der Waals surface area contributed by atoms with Gasteiger partial charge in [-0.05, 0) is 12.5 Å². The number of ketones is 2. The van der Waals surface area contributed by atoms with Gasteiger partial charge in [0.2, 0.25) is 5.78 Å². The first-order valence-electron chi connectivity index (χ1n) is 5.33. The first-order chi connectivity index (χ1) is 8.10. The van der Waals surface area contributed by atoms with Crippen LogP contribution in [0.4, 0.5) is 0 Å². The number of methoxy groups -OCH3 is 1. The summed E-state index contributed by atoms with van der Waals surface area (Å²) in [5.41, 5.74) is 0.0311. The van der Waals surface area contributed by atoms with Crippen molar-refractivity contribution in [3.63, 3.8) is 0 Å². The van der Waals surface area contributed by atoms with E-state index in [9.17, 15) is 14.4 Å². The zero-order chi connectivity index (χ0) is 12.8. The smallest absolute Gasteiger partial charge is 0.338 e. The molecule has 0 N–H and O–H groups in total. The van der Waals surface area contributed by atoms with E-state index in [1.54, 1.807) is 0 Å². The highest BCUT2D eigenvalue weighted by Crippen LogP contribution is 2.15. The highest BCUT2D eigenvalue weighted by Gasteiger charge is 2.26. The molecule has 0 saturated heterocycles. The van der Waals surface area contributed by atoms with Crippen molar-refractivity contribution < 1.29 is 23.9 Å². The molecule has 0 bridgehead atoms. The lowest BCUT2D eigenvalue weighted by molar-refractivity contribution is -0.137. The molecule has 0 aromatic carbocycles. The molecule has 0 radical (unpaired) electrons. The van der Waals surface area contributed by atoms with Gasteiger partial charge in [0, 0.05) is 6.08 Å². The fourth-order valence-corrected chi connectivity index (χ4v) is 1.25. The van der Waals surface area contributed by atoms with Gasteiger partial charge in [-0.15, -0.1) is 0 Å². The molecule has 1 aliphatic carbocycles. The second-order valence-electron chi connectivity index (χ2n) is 3.50. The van der Waals surface area contributed by atoms with Gasteiger partial charge in [0.05, 0.1) is 19.3 Å². The van der Waals surface area contributed by atoms with Crippen LogP contribution in [0.3, 0.4) is 0 Å². The molecule has 0 aromatic heterocycles. The molecule has 0 unspecified atom stereocenters. The van der Waals surface area contributed by atoms with Crippen LogP contribution < -0.4 is 0 Å². The number of ether oxygens (including phenoxy) is 2. The van der Waals surface area contributed by atoms with Crippen molar-refractivity contribution in [2.24, 2.45) is 0 Å². The minimum atomic E-state index is -0.764. The summed E-state index contributed by atoms with van der Waals surface area (Å²) in [5.74, 6) is -2.25. The molecule has 0 spiro atoms. The summed E-state index contributed by atoms with van der Waals surface area (Å²) < 4.78 is 9.65. The van der Waals surface area contributed by atoms with Crippen molar-refractivity contribution in [3.05, 3.63) is 23.5 Å². The Labute approximate surface area is 99.1 Å². The van der Waals surface area contributed by atoms with E-state index in [2.05, 4.69) is 4.74 Å². The largest absolute Gasteiger partial charge is 0.489 e. The first-order valence-corrected chi connectivity index (χ1v) is 5.33. The van der Waals surface area contributed by atoms with Gasteiger partial charge in [-0.1, -0.05) is 13.3 Å². The molecule has 0 aromatic rings. The molecule has 1 aliphatic rings. The maximum atomic E-state index is 11.4. The van der Waals surface area contributed by atoms with E-state index < -0.39 is 17.5 Å². The summed E-state index contributed by atoms with van der Waals surface area (Å²) in [6.07, 6.45) is 3.89. The molecule has 0 amide bonds. The monoisotopic (exact) mass is 238 g/mol. The van der Waals surface area contributed by atoms with Crippen LogP contribution in [0.5, 0.6) is 0 Å². The fourth-order valence-electron chi connectivity index (χ4n) is 1.25. The number of esters is 1. The zero-order valence-electron chi connectivity index (χ0n) is 9.82. The normalized spacial score (nSPS) is 15.2. The number of unbranched alkanes of at least 4 members (excludes halogenated alkanes) is 1. The maximum absolute atomic E-state index is 11.4. The van der Waals surface area contributed by atoms with Gasteiger partial charge in [-0.3, -0.25) is 9.59 Å². The third kappa shape index (κ3) is 3.27. The minimum absolute atomic E-state index is 0.0311. The molecular weight excluding hydrogens is 224 g/mol. The molecule has 17 heavy (non-hydrogen) atoms. The highest BCUT2D eigenvalue weighted by atomic mass is 16.5. The van der Waals surface area contributed by atoms with Crippen LogP contribution in [0.15, 0.2) is 23.5 Å². The number of hydrogen-bond acceptors (Lipinski definition) is 5. The standard InChI is InChI=1S/C12H14O5/c1-3-4-5-17-10-7-8(12(15)16-2)6-9(13)11(10)14/h6-7H,3-5H2,1-2H3. The Bertz CT molecular complexity index is 403. The average Bonchev–Trinajstić information content (AvgIpc) is 2.33. The highest BCUT2D eigenvalue weighted by molar-refractivity contribution is 6.48. The van der Waals surface area contributed by atoms with Crippen molar-refractivity contribution in [1.29, 1.82) is 0 Å². The Hall–Kier alpha value is -1.91. The molecule has 92 valence electrons. The lowest BCUT2D eigenvalue weighted by atomic mass is 10.0. The number of hydrogen-bond donors (Lipinski definition) is 0. The van der Waals surface area contributed by atoms with Gasteiger partial charge in [0.1, 0.15) is 0 Å². The quantitative estimate of drug-likeness (QED) is 0.308. The van der Waals surface area contributed by atoms with E-state index in [1.807, 2.05) is 6.92 Å². The predicted octanol–water partition coefficient (Wildman–Crippen LogP) is 0.938. The summed E-state index contributed by atoms with van der Waals surface area (Å²) in [4.78, 5) is 34.0. The number of carbonyl (C=O) groups excluding carboxylic acids is 3. The molecule has 1 rings (SSSR count). The molecule has 5 nitrogen and oxygen atoms in total. The van der Waals surface area contributed by atoms with Gasteiger partial charge >= 0.3 is 5.97 Å². The maximum Gasteiger partial charge on any atom is 0.338 e. The van der Waals surface area contributed by atoms with Crippen LogP contribution in [0.2, 0.25) is 0 Å². The van der Waals surface area contributed by atoms with Gasteiger partial charge in [-0.25, -0.2) is 4.79 Å². The topological polar surface area (TPSA) is 69.7 Å². The lowest BCUT2D eigenvalue weighted by Crippen LogP contribution is -2.22. The molecule has 5 heteroatoms. The lowest BCUT2D eigenvalue weighted by Gasteiger charge is -2.12. The number of allylic oxidation sites excluding steroid dienone is 2. The van der Waals surface area contributed by atoms with Crippen LogP contribution >= 0.6 is 0 Å². The van der Waals surface area contributed by atoms with Crippen LogP contribution in [0.25, 0.3) is 0 Å². The van der Waals surface area contributed by atoms with E-state index in [1.165, 1.54) is 13.2 Å². The third-order valence-corrected chi connectivity index (χ3v) is 2.20. The van der Waals surface area contributed by atoms with E-state index in [-0.39, 0.29) is 11.3 Å². The van der Waals surface area contributed by atoms with Crippen molar-refractivity contribution in [2.75, 3.05) is 13.7 Å². The second-order valence-corrected chi connectivity index (χ2v) is 3.50. The van der Waals surface area contributed by atoms with E-state index in [4.69, 9.17) is 4.74 Å². The predicted molar refractivity (Wildman–Crippen MR) is 59.1 cm³/mol. The Morgan fingerprint density at radius 3 is 2.59 bits per heavy atom. The molecular formula is C12H14O5. The third-order valence-electron chi connectivity index (χ3n) is 2.20. The van der Waals surface area contributed by atoms with Crippen LogP contribution in [-0.4, -0.2) is 31.3 Å².